The van der Waals surface area contributed by atoms with Crippen LogP contribution in [-0.4, -0.2) is 25.0 Å². The number of carbonyl (C=O) groups is 2. The second-order valence-corrected chi connectivity index (χ2v) is 5.50. The van der Waals surface area contributed by atoms with Crippen molar-refractivity contribution in [1.29, 1.82) is 0 Å². The Labute approximate surface area is 150 Å². The van der Waals surface area contributed by atoms with E-state index in [9.17, 15) is 18.4 Å². The van der Waals surface area contributed by atoms with Gasteiger partial charge in [0.1, 0.15) is 5.75 Å². The van der Waals surface area contributed by atoms with Crippen molar-refractivity contribution in [3.8, 4) is 5.75 Å². The van der Waals surface area contributed by atoms with E-state index in [2.05, 4.69) is 22.3 Å². The number of halogens is 2. The largest absolute Gasteiger partial charge is 0.434 e. The molecule has 0 aromatic heterocycles. The van der Waals surface area contributed by atoms with Gasteiger partial charge in [-0.25, -0.2) is 0 Å². The first-order valence-corrected chi connectivity index (χ1v) is 8.16. The van der Waals surface area contributed by atoms with Gasteiger partial charge < -0.3 is 15.4 Å². The van der Waals surface area contributed by atoms with Crippen molar-refractivity contribution in [2.24, 2.45) is 0 Å². The third-order valence-electron chi connectivity index (χ3n) is 3.68. The van der Waals surface area contributed by atoms with Gasteiger partial charge in [-0.1, -0.05) is 43.3 Å². The summed E-state index contributed by atoms with van der Waals surface area (Å²) in [7, 11) is 0. The zero-order chi connectivity index (χ0) is 18.9. The van der Waals surface area contributed by atoms with Crippen LogP contribution < -0.4 is 15.4 Å². The van der Waals surface area contributed by atoms with Crippen LogP contribution in [0, 0.1) is 0 Å². The zero-order valence-corrected chi connectivity index (χ0v) is 14.3. The van der Waals surface area contributed by atoms with Gasteiger partial charge >= 0.3 is 6.61 Å². The van der Waals surface area contributed by atoms with Crippen molar-refractivity contribution < 1.29 is 23.1 Å². The number of aryl methyl sites for hydroxylation is 1. The minimum absolute atomic E-state index is 0.0595. The van der Waals surface area contributed by atoms with Crippen molar-refractivity contribution in [2.75, 3.05) is 6.54 Å². The second kappa shape index (κ2) is 9.50. The quantitative estimate of drug-likeness (QED) is 0.759. The van der Waals surface area contributed by atoms with Crippen LogP contribution in [0.2, 0.25) is 0 Å². The monoisotopic (exact) mass is 362 g/mol. The number of benzene rings is 2. The van der Waals surface area contributed by atoms with Crippen LogP contribution in [0.25, 0.3) is 0 Å². The highest BCUT2D eigenvalue weighted by Crippen LogP contribution is 2.19. The first-order chi connectivity index (χ1) is 12.5. The lowest BCUT2D eigenvalue weighted by Crippen LogP contribution is -2.36. The Balaban J connectivity index is 1.84. The standard InChI is InChI=1S/C19H20F2N2O3/c1-2-13-7-9-14(10-8-13)11-22-17(24)12-23-18(25)15-5-3-4-6-16(15)26-19(20)21/h3-10,19H,2,11-12H2,1H3,(H,22,24)(H,23,25). The lowest BCUT2D eigenvalue weighted by Gasteiger charge is -2.11. The van der Waals surface area contributed by atoms with E-state index in [1.165, 1.54) is 29.8 Å². The van der Waals surface area contributed by atoms with Crippen LogP contribution in [0.3, 0.4) is 0 Å². The average molecular weight is 362 g/mol. The molecule has 26 heavy (non-hydrogen) atoms. The number of alkyl halides is 2. The van der Waals surface area contributed by atoms with E-state index in [1.807, 2.05) is 24.3 Å². The molecule has 5 nitrogen and oxygen atoms in total. The Hall–Kier alpha value is -2.96. The minimum atomic E-state index is -3.04. The van der Waals surface area contributed by atoms with E-state index in [0.717, 1.165) is 12.0 Å². The molecule has 0 aliphatic rings. The summed E-state index contributed by atoms with van der Waals surface area (Å²) in [5, 5.41) is 5.08. The Morgan fingerprint density at radius 2 is 1.65 bits per heavy atom. The average Bonchev–Trinajstić information content (AvgIpc) is 2.64. The summed E-state index contributed by atoms with van der Waals surface area (Å²) in [6.45, 7) is -0.908. The van der Waals surface area contributed by atoms with Crippen molar-refractivity contribution in [2.45, 2.75) is 26.5 Å². The summed E-state index contributed by atoms with van der Waals surface area (Å²) < 4.78 is 29.0. The minimum Gasteiger partial charge on any atom is -0.434 e. The van der Waals surface area contributed by atoms with Gasteiger partial charge in [0, 0.05) is 6.54 Å². The highest BCUT2D eigenvalue weighted by atomic mass is 19.3. The third-order valence-corrected chi connectivity index (χ3v) is 3.68. The van der Waals surface area contributed by atoms with Gasteiger partial charge in [0.15, 0.2) is 0 Å². The molecule has 0 heterocycles. The highest BCUT2D eigenvalue weighted by Gasteiger charge is 2.15. The molecule has 0 spiro atoms. The number of hydrogen-bond donors (Lipinski definition) is 2. The van der Waals surface area contributed by atoms with Crippen LogP contribution in [0.1, 0.15) is 28.4 Å². The molecule has 0 fully saturated rings. The fourth-order valence-corrected chi connectivity index (χ4v) is 2.26. The van der Waals surface area contributed by atoms with Crippen LogP contribution in [0.5, 0.6) is 5.75 Å². The number of nitrogens with one attached hydrogen (secondary N) is 2. The molecule has 138 valence electrons. The Morgan fingerprint density at radius 3 is 2.31 bits per heavy atom. The van der Waals surface area contributed by atoms with E-state index in [0.29, 0.717) is 6.54 Å². The normalized spacial score (nSPS) is 10.5. The maximum absolute atomic E-state index is 12.4. The summed E-state index contributed by atoms with van der Waals surface area (Å²) in [6, 6.07) is 13.4. The van der Waals surface area contributed by atoms with Gasteiger partial charge in [-0.3, -0.25) is 9.59 Å². The topological polar surface area (TPSA) is 67.4 Å². The third kappa shape index (κ3) is 5.84. The van der Waals surface area contributed by atoms with Crippen LogP contribution in [0.4, 0.5) is 8.78 Å². The summed E-state index contributed by atoms with van der Waals surface area (Å²) in [6.07, 6.45) is 0.940. The second-order valence-electron chi connectivity index (χ2n) is 5.50. The van der Waals surface area contributed by atoms with Crippen LogP contribution in [-0.2, 0) is 17.8 Å². The molecule has 2 aromatic rings. The van der Waals surface area contributed by atoms with Crippen LogP contribution >= 0.6 is 0 Å². The molecular weight excluding hydrogens is 342 g/mol. The van der Waals surface area contributed by atoms with E-state index in [1.54, 1.807) is 0 Å². The number of ether oxygens (including phenoxy) is 1. The number of amides is 2. The number of para-hydroxylation sites is 1. The van der Waals surface area contributed by atoms with Gasteiger partial charge in [0.25, 0.3) is 5.91 Å². The SMILES string of the molecule is CCc1ccc(CNC(=O)CNC(=O)c2ccccc2OC(F)F)cc1. The van der Waals surface area contributed by atoms with Gasteiger partial charge in [0.2, 0.25) is 5.91 Å². The molecule has 2 amide bonds. The molecule has 2 N–H and O–H groups in total. The number of hydrogen-bond acceptors (Lipinski definition) is 3. The van der Waals surface area contributed by atoms with Gasteiger partial charge in [0.05, 0.1) is 12.1 Å². The smallest absolute Gasteiger partial charge is 0.387 e. The van der Waals surface area contributed by atoms with E-state index < -0.39 is 12.5 Å². The molecule has 0 radical (unpaired) electrons. The number of carbonyl (C=O) groups excluding carboxylic acids is 2. The first-order valence-electron chi connectivity index (χ1n) is 8.16. The lowest BCUT2D eigenvalue weighted by molar-refractivity contribution is -0.120. The van der Waals surface area contributed by atoms with E-state index in [4.69, 9.17) is 0 Å². The Bertz CT molecular complexity index is 749. The summed E-state index contributed by atoms with van der Waals surface area (Å²) in [5.41, 5.74) is 2.09. The maximum atomic E-state index is 12.4. The zero-order valence-electron chi connectivity index (χ0n) is 14.3. The molecule has 0 saturated carbocycles. The number of rotatable bonds is 8. The van der Waals surface area contributed by atoms with Crippen LogP contribution in [0.15, 0.2) is 48.5 Å². The lowest BCUT2D eigenvalue weighted by atomic mass is 10.1. The molecular formula is C19H20F2N2O3. The predicted octanol–water partition coefficient (Wildman–Crippen LogP) is 2.90. The summed E-state index contributed by atoms with van der Waals surface area (Å²) >= 11 is 0. The maximum Gasteiger partial charge on any atom is 0.387 e. The predicted molar refractivity (Wildman–Crippen MR) is 93.1 cm³/mol. The molecule has 0 aliphatic carbocycles. The molecule has 2 aromatic carbocycles. The first kappa shape index (κ1) is 19.4. The Kier molecular flexibility index (Phi) is 7.08. The van der Waals surface area contributed by atoms with E-state index in [-0.39, 0.29) is 23.8 Å². The Morgan fingerprint density at radius 1 is 1.00 bits per heavy atom. The summed E-state index contributed by atoms with van der Waals surface area (Å²) in [4.78, 5) is 23.9. The fourth-order valence-electron chi connectivity index (χ4n) is 2.26. The molecule has 7 heteroatoms. The van der Waals surface area contributed by atoms with Gasteiger partial charge in [-0.15, -0.1) is 0 Å². The molecule has 0 saturated heterocycles. The fraction of sp³-hybridized carbons (Fsp3) is 0.263. The molecule has 0 unspecified atom stereocenters. The van der Waals surface area contributed by atoms with Crippen molar-refractivity contribution in [1.82, 2.24) is 10.6 Å². The molecule has 0 atom stereocenters. The molecule has 2 rings (SSSR count). The molecule has 0 bridgehead atoms. The van der Waals surface area contributed by atoms with Crippen molar-refractivity contribution in [3.63, 3.8) is 0 Å². The van der Waals surface area contributed by atoms with Crippen molar-refractivity contribution >= 4 is 11.8 Å². The van der Waals surface area contributed by atoms with Gasteiger partial charge in [-0.2, -0.15) is 8.78 Å². The van der Waals surface area contributed by atoms with E-state index >= 15 is 0 Å². The summed E-state index contributed by atoms with van der Waals surface area (Å²) in [5.74, 6) is -1.29. The van der Waals surface area contributed by atoms with Gasteiger partial charge in [-0.05, 0) is 29.7 Å². The van der Waals surface area contributed by atoms with Crippen molar-refractivity contribution in [3.05, 3.63) is 65.2 Å². The highest BCUT2D eigenvalue weighted by molar-refractivity contribution is 5.98. The molecule has 0 aliphatic heterocycles.